The largest absolute Gasteiger partial charge is 0.480 e. The highest BCUT2D eigenvalue weighted by Crippen LogP contribution is 2.42. The molecule has 38 heavy (non-hydrogen) atoms. The number of benzene rings is 3. The fraction of sp³-hybridized carbons (Fsp3) is 0.200. The zero-order valence-corrected chi connectivity index (χ0v) is 20.6. The van der Waals surface area contributed by atoms with Crippen LogP contribution in [0.5, 0.6) is 11.5 Å². The molecule has 0 bridgehead atoms. The Kier molecular flexibility index (Phi) is 6.31. The summed E-state index contributed by atoms with van der Waals surface area (Å²) >= 11 is 0. The second-order valence-electron chi connectivity index (χ2n) is 9.32. The Bertz CT molecular complexity index is 1540. The van der Waals surface area contributed by atoms with Gasteiger partial charge < -0.3 is 29.2 Å². The van der Waals surface area contributed by atoms with Gasteiger partial charge in [0.1, 0.15) is 6.61 Å². The van der Waals surface area contributed by atoms with E-state index in [1.807, 2.05) is 59.5 Å². The van der Waals surface area contributed by atoms with Crippen LogP contribution < -0.4 is 9.47 Å². The average molecular weight is 511 g/mol. The van der Waals surface area contributed by atoms with Crippen molar-refractivity contribution in [3.63, 3.8) is 0 Å². The van der Waals surface area contributed by atoms with Crippen molar-refractivity contribution in [2.24, 2.45) is 0 Å². The maximum Gasteiger partial charge on any atom is 0.329 e. The van der Waals surface area contributed by atoms with Gasteiger partial charge in [-0.05, 0) is 52.9 Å². The Morgan fingerprint density at radius 3 is 2.71 bits per heavy atom. The lowest BCUT2D eigenvalue weighted by atomic mass is 9.92. The van der Waals surface area contributed by atoms with Crippen molar-refractivity contribution < 1.29 is 28.9 Å². The van der Waals surface area contributed by atoms with Gasteiger partial charge in [0.05, 0.1) is 12.6 Å². The highest BCUT2D eigenvalue weighted by molar-refractivity contribution is 5.93. The summed E-state index contributed by atoms with van der Waals surface area (Å²) < 4.78 is 16.3. The van der Waals surface area contributed by atoms with Crippen LogP contribution >= 0.6 is 0 Å². The lowest BCUT2D eigenvalue weighted by Crippen LogP contribution is -2.39. The van der Waals surface area contributed by atoms with Crippen LogP contribution in [0.15, 0.2) is 72.8 Å². The molecule has 3 heterocycles. The standard InChI is InChI=1S/C30H26N2O6/c33-27(12-9-19-5-7-20(8-6-19)16-36-17-28(34)35)32-14-13-23-22-3-1-2-4-24(22)31-29(23)30(32)21-10-11-25-26(15-21)38-18-37-25/h1-12,15,30-31H,13-14,16-18H2,(H,34,35)/b12-9+. The summed E-state index contributed by atoms with van der Waals surface area (Å²) in [6.07, 6.45) is 4.15. The van der Waals surface area contributed by atoms with E-state index in [4.69, 9.17) is 19.3 Å². The number of H-pyrrole nitrogens is 1. The molecule has 6 rings (SSSR count). The number of aromatic nitrogens is 1. The highest BCUT2D eigenvalue weighted by Gasteiger charge is 2.34. The number of fused-ring (bicyclic) bond motifs is 4. The quantitative estimate of drug-likeness (QED) is 0.350. The number of hydrogen-bond donors (Lipinski definition) is 2. The molecule has 0 aliphatic carbocycles. The van der Waals surface area contributed by atoms with Gasteiger partial charge in [-0.25, -0.2) is 4.79 Å². The first kappa shape index (κ1) is 23.8. The average Bonchev–Trinajstić information content (AvgIpc) is 3.55. The van der Waals surface area contributed by atoms with E-state index in [-0.39, 0.29) is 32.0 Å². The first-order chi connectivity index (χ1) is 18.6. The lowest BCUT2D eigenvalue weighted by Gasteiger charge is -2.35. The summed E-state index contributed by atoms with van der Waals surface area (Å²) in [5, 5.41) is 9.89. The summed E-state index contributed by atoms with van der Waals surface area (Å²) in [5.74, 6) is 0.294. The summed E-state index contributed by atoms with van der Waals surface area (Å²) in [5.41, 5.74) is 5.98. The number of carboxylic acid groups (broad SMARTS) is 1. The highest BCUT2D eigenvalue weighted by atomic mass is 16.7. The Morgan fingerprint density at radius 1 is 1.05 bits per heavy atom. The molecule has 3 aromatic carbocycles. The third kappa shape index (κ3) is 4.62. The van der Waals surface area contributed by atoms with Crippen molar-refractivity contribution in [3.05, 3.63) is 101 Å². The minimum atomic E-state index is -1.00. The molecule has 2 aliphatic rings. The van der Waals surface area contributed by atoms with Crippen LogP contribution in [0.3, 0.4) is 0 Å². The molecule has 1 amide bonds. The molecule has 0 saturated carbocycles. The van der Waals surface area contributed by atoms with Gasteiger partial charge in [0, 0.05) is 29.2 Å². The first-order valence-electron chi connectivity index (χ1n) is 12.4. The Balaban J connectivity index is 1.27. The SMILES string of the molecule is O=C(O)COCc1ccc(/C=C/C(=O)N2CCc3c([nH]c4ccccc34)C2c2ccc3c(c2)OCO3)cc1. The molecule has 192 valence electrons. The third-order valence-corrected chi connectivity index (χ3v) is 6.92. The van der Waals surface area contributed by atoms with Gasteiger partial charge in [-0.15, -0.1) is 0 Å². The number of amides is 1. The van der Waals surface area contributed by atoms with Crippen LogP contribution in [-0.2, 0) is 27.4 Å². The molecule has 0 radical (unpaired) electrons. The number of rotatable bonds is 7. The minimum absolute atomic E-state index is 0.0918. The maximum absolute atomic E-state index is 13.6. The number of ether oxygens (including phenoxy) is 3. The van der Waals surface area contributed by atoms with Crippen LogP contribution in [0.2, 0.25) is 0 Å². The second-order valence-corrected chi connectivity index (χ2v) is 9.32. The first-order valence-corrected chi connectivity index (χ1v) is 12.4. The molecule has 1 unspecified atom stereocenters. The van der Waals surface area contributed by atoms with Gasteiger partial charge in [-0.1, -0.05) is 48.5 Å². The zero-order chi connectivity index (χ0) is 26.1. The number of carboxylic acids is 1. The van der Waals surface area contributed by atoms with Crippen molar-refractivity contribution in [2.45, 2.75) is 19.1 Å². The molecule has 0 spiro atoms. The van der Waals surface area contributed by atoms with Crippen molar-refractivity contribution in [1.29, 1.82) is 0 Å². The monoisotopic (exact) mass is 510 g/mol. The predicted octanol–water partition coefficient (Wildman–Crippen LogP) is 4.69. The minimum Gasteiger partial charge on any atom is -0.480 e. The van der Waals surface area contributed by atoms with Gasteiger partial charge in [0.2, 0.25) is 12.7 Å². The molecule has 8 nitrogen and oxygen atoms in total. The van der Waals surface area contributed by atoms with E-state index in [2.05, 4.69) is 17.1 Å². The van der Waals surface area contributed by atoms with Crippen LogP contribution in [0.25, 0.3) is 17.0 Å². The van der Waals surface area contributed by atoms with E-state index >= 15 is 0 Å². The number of nitrogens with one attached hydrogen (secondary N) is 1. The maximum atomic E-state index is 13.6. The number of para-hydroxylation sites is 1. The van der Waals surface area contributed by atoms with Crippen LogP contribution in [-0.4, -0.2) is 46.8 Å². The summed E-state index contributed by atoms with van der Waals surface area (Å²) in [6.45, 7) is 0.648. The molecule has 4 aromatic rings. The van der Waals surface area contributed by atoms with Crippen LogP contribution in [0.4, 0.5) is 0 Å². The number of nitrogens with zero attached hydrogens (tertiary/aromatic N) is 1. The second kappa shape index (κ2) is 10.1. The number of aromatic amines is 1. The van der Waals surface area contributed by atoms with Gasteiger partial charge in [-0.2, -0.15) is 0 Å². The van der Waals surface area contributed by atoms with Crippen molar-refractivity contribution >= 4 is 28.9 Å². The van der Waals surface area contributed by atoms with Crippen LogP contribution in [0, 0.1) is 0 Å². The number of carbonyl (C=O) groups is 2. The Hall–Kier alpha value is -4.56. The summed E-state index contributed by atoms with van der Waals surface area (Å²) in [7, 11) is 0. The van der Waals surface area contributed by atoms with E-state index in [9.17, 15) is 9.59 Å². The number of carbonyl (C=O) groups excluding carboxylic acids is 1. The fourth-order valence-corrected chi connectivity index (χ4v) is 5.15. The normalized spacial score (nSPS) is 16.2. The smallest absolute Gasteiger partial charge is 0.329 e. The van der Waals surface area contributed by atoms with Crippen molar-refractivity contribution in [2.75, 3.05) is 19.9 Å². The molecular formula is C30H26N2O6. The number of hydrogen-bond acceptors (Lipinski definition) is 5. The van der Waals surface area contributed by atoms with E-state index in [0.717, 1.165) is 34.3 Å². The molecule has 0 fully saturated rings. The topological polar surface area (TPSA) is 101 Å². The Labute approximate surface area is 219 Å². The zero-order valence-electron chi connectivity index (χ0n) is 20.6. The van der Waals surface area contributed by atoms with E-state index in [1.165, 1.54) is 10.9 Å². The van der Waals surface area contributed by atoms with E-state index in [0.29, 0.717) is 18.0 Å². The Morgan fingerprint density at radius 2 is 1.87 bits per heavy atom. The van der Waals surface area contributed by atoms with Crippen molar-refractivity contribution in [3.8, 4) is 11.5 Å². The molecule has 2 N–H and O–H groups in total. The van der Waals surface area contributed by atoms with Crippen molar-refractivity contribution in [1.82, 2.24) is 9.88 Å². The predicted molar refractivity (Wildman–Crippen MR) is 141 cm³/mol. The van der Waals surface area contributed by atoms with E-state index in [1.54, 1.807) is 12.2 Å². The van der Waals surface area contributed by atoms with Gasteiger partial charge >= 0.3 is 5.97 Å². The lowest BCUT2D eigenvalue weighted by molar-refractivity contribution is -0.142. The molecular weight excluding hydrogens is 484 g/mol. The summed E-state index contributed by atoms with van der Waals surface area (Å²) in [6, 6.07) is 21.3. The summed E-state index contributed by atoms with van der Waals surface area (Å²) in [4.78, 5) is 29.7. The molecule has 2 aliphatic heterocycles. The van der Waals surface area contributed by atoms with Gasteiger partial charge in [0.15, 0.2) is 11.5 Å². The molecule has 0 saturated heterocycles. The van der Waals surface area contributed by atoms with Crippen LogP contribution in [0.1, 0.15) is 34.0 Å². The molecule has 1 aromatic heterocycles. The number of aliphatic carboxylic acids is 1. The van der Waals surface area contributed by atoms with E-state index < -0.39 is 5.97 Å². The third-order valence-electron chi connectivity index (χ3n) is 6.92. The fourth-order valence-electron chi connectivity index (χ4n) is 5.15. The van der Waals surface area contributed by atoms with Gasteiger partial charge in [-0.3, -0.25) is 4.79 Å². The van der Waals surface area contributed by atoms with Gasteiger partial charge in [0.25, 0.3) is 0 Å². The molecule has 1 atom stereocenters. The molecule has 8 heteroatoms.